The molecule has 0 spiro atoms. The molecule has 2 saturated heterocycles. The van der Waals surface area contributed by atoms with Crippen molar-refractivity contribution in [2.75, 3.05) is 25.0 Å². The van der Waals surface area contributed by atoms with E-state index in [-0.39, 0.29) is 10.6 Å². The van der Waals surface area contributed by atoms with Crippen molar-refractivity contribution in [2.45, 2.75) is 37.6 Å². The molecule has 0 amide bonds. The number of aliphatic carboxylic acids is 2. The maximum Gasteiger partial charge on any atom is 0.328 e. The number of nitro benzene ring substituents is 1. The molecule has 1 aromatic rings. The normalized spacial score (nSPS) is 17.6. The Bertz CT molecular complexity index is 723. The first kappa shape index (κ1) is 21.4. The van der Waals surface area contributed by atoms with Gasteiger partial charge in [0.25, 0.3) is 5.69 Å². The fraction of sp³-hybridized carbons (Fsp3) is 0.474. The van der Waals surface area contributed by atoms with Gasteiger partial charge in [-0.1, -0.05) is 12.1 Å². The average molecular weight is 391 g/mol. The predicted octanol–water partition coefficient (Wildman–Crippen LogP) is 2.74. The number of rotatable bonds is 7. The van der Waals surface area contributed by atoms with E-state index in [4.69, 9.17) is 10.2 Å². The molecule has 2 aliphatic heterocycles. The molecule has 2 fully saturated rings. The van der Waals surface area contributed by atoms with E-state index >= 15 is 0 Å². The summed E-state index contributed by atoms with van der Waals surface area (Å²) < 4.78 is 0. The molecule has 3 N–H and O–H groups in total. The van der Waals surface area contributed by atoms with Gasteiger partial charge in [-0.05, 0) is 51.3 Å². The lowest BCUT2D eigenvalue weighted by molar-refractivity contribution is -0.384. The molecule has 0 radical (unpaired) electrons. The van der Waals surface area contributed by atoms with Crippen molar-refractivity contribution < 1.29 is 24.7 Å². The molecule has 1 aromatic carbocycles. The van der Waals surface area contributed by atoms with Crippen LogP contribution in [0.1, 0.15) is 32.1 Å². The fourth-order valence-electron chi connectivity index (χ4n) is 3.99. The molecule has 0 aromatic heterocycles. The zero-order chi connectivity index (χ0) is 20.6. The second-order valence-electron chi connectivity index (χ2n) is 6.88. The minimum absolute atomic E-state index is 0.166. The molecule has 9 nitrogen and oxygen atoms in total. The van der Waals surface area contributed by atoms with Crippen LogP contribution in [-0.2, 0) is 9.59 Å². The molecule has 0 saturated carbocycles. The molecular formula is C19H25N3O6. The van der Waals surface area contributed by atoms with E-state index in [9.17, 15) is 19.7 Å². The summed E-state index contributed by atoms with van der Waals surface area (Å²) in [5.74, 6) is -2.51. The van der Waals surface area contributed by atoms with Crippen molar-refractivity contribution in [3.8, 4) is 0 Å². The van der Waals surface area contributed by atoms with Crippen molar-refractivity contribution in [1.82, 2.24) is 4.90 Å². The monoisotopic (exact) mass is 391 g/mol. The van der Waals surface area contributed by atoms with Gasteiger partial charge in [0.15, 0.2) is 0 Å². The Labute approximate surface area is 162 Å². The van der Waals surface area contributed by atoms with Crippen LogP contribution in [0.3, 0.4) is 0 Å². The summed E-state index contributed by atoms with van der Waals surface area (Å²) in [6.45, 7) is 3.26. The molecule has 0 unspecified atom stereocenters. The van der Waals surface area contributed by atoms with E-state index in [0.717, 1.165) is 13.0 Å². The maximum atomic E-state index is 11.0. The minimum Gasteiger partial charge on any atom is -0.478 e. The number of carbonyl (C=O) groups is 2. The summed E-state index contributed by atoms with van der Waals surface area (Å²) in [6, 6.07) is 6.89. The number of nitrogens with one attached hydrogen (secondary N) is 1. The van der Waals surface area contributed by atoms with Crippen LogP contribution in [0.5, 0.6) is 0 Å². The van der Waals surface area contributed by atoms with Crippen LogP contribution < -0.4 is 5.32 Å². The van der Waals surface area contributed by atoms with Gasteiger partial charge >= 0.3 is 11.9 Å². The number of para-hydroxylation sites is 2. The second-order valence-corrected chi connectivity index (χ2v) is 6.88. The van der Waals surface area contributed by atoms with E-state index in [0.29, 0.717) is 23.4 Å². The fourth-order valence-corrected chi connectivity index (χ4v) is 3.99. The molecule has 9 heteroatoms. The van der Waals surface area contributed by atoms with Crippen molar-refractivity contribution in [3.63, 3.8) is 0 Å². The van der Waals surface area contributed by atoms with Gasteiger partial charge in [-0.2, -0.15) is 0 Å². The van der Waals surface area contributed by atoms with E-state index in [1.807, 2.05) is 6.07 Å². The first-order valence-corrected chi connectivity index (χ1v) is 9.20. The summed E-state index contributed by atoms with van der Waals surface area (Å²) in [6.07, 6.45) is 7.36. The summed E-state index contributed by atoms with van der Waals surface area (Å²) >= 11 is 0. The van der Waals surface area contributed by atoms with Crippen molar-refractivity contribution >= 4 is 23.3 Å². The Hall–Kier alpha value is -2.94. The van der Waals surface area contributed by atoms with Crippen LogP contribution in [0.2, 0.25) is 0 Å². The topological polar surface area (TPSA) is 133 Å². The maximum absolute atomic E-state index is 11.0. The molecule has 3 rings (SSSR count). The summed E-state index contributed by atoms with van der Waals surface area (Å²) in [4.78, 5) is 32.4. The molecule has 0 atom stereocenters. The Morgan fingerprint density at radius 1 is 1.14 bits per heavy atom. The number of benzene rings is 1. The van der Waals surface area contributed by atoms with Crippen LogP contribution in [0.15, 0.2) is 36.4 Å². The van der Waals surface area contributed by atoms with E-state index in [1.54, 1.807) is 18.2 Å². The van der Waals surface area contributed by atoms with Crippen LogP contribution >= 0.6 is 0 Å². The molecular weight excluding hydrogens is 366 g/mol. The third kappa shape index (κ3) is 5.78. The highest BCUT2D eigenvalue weighted by Crippen LogP contribution is 2.41. The van der Waals surface area contributed by atoms with Crippen LogP contribution in [0.25, 0.3) is 0 Å². The Morgan fingerprint density at radius 2 is 1.71 bits per heavy atom. The first-order chi connectivity index (χ1) is 13.3. The highest BCUT2D eigenvalue weighted by atomic mass is 16.6. The lowest BCUT2D eigenvalue weighted by atomic mass is 9.90. The van der Waals surface area contributed by atoms with Gasteiger partial charge in [-0.15, -0.1) is 0 Å². The van der Waals surface area contributed by atoms with Crippen LogP contribution in [0, 0.1) is 10.1 Å². The summed E-state index contributed by atoms with van der Waals surface area (Å²) in [7, 11) is 0. The molecule has 2 aliphatic rings. The van der Waals surface area contributed by atoms with E-state index in [2.05, 4.69) is 10.2 Å². The van der Waals surface area contributed by atoms with E-state index in [1.165, 1.54) is 38.8 Å². The van der Waals surface area contributed by atoms with Gasteiger partial charge in [-0.3, -0.25) is 15.0 Å². The summed E-state index contributed by atoms with van der Waals surface area (Å²) in [5, 5.41) is 29.9. The van der Waals surface area contributed by atoms with Crippen molar-refractivity contribution in [1.29, 1.82) is 0 Å². The standard InChI is InChI=1S/C15H21N3O2.C4H4O4/c19-18(20)14-6-2-1-5-13(14)16-10-9-15-7-3-11-17(15)12-4-8-15;5-3(6)1-2-4(7)8/h1-2,5-6,16H,3-4,7-12H2;1-2H,(H,5,6)(H,7,8)/b;2-1-. The number of hydrogen-bond acceptors (Lipinski definition) is 6. The lowest BCUT2D eigenvalue weighted by Crippen LogP contribution is -2.39. The molecule has 0 bridgehead atoms. The largest absolute Gasteiger partial charge is 0.478 e. The Morgan fingerprint density at radius 3 is 2.25 bits per heavy atom. The highest BCUT2D eigenvalue weighted by Gasteiger charge is 2.43. The van der Waals surface area contributed by atoms with Gasteiger partial charge < -0.3 is 15.5 Å². The van der Waals surface area contributed by atoms with Crippen molar-refractivity contribution in [3.05, 3.63) is 46.5 Å². The van der Waals surface area contributed by atoms with Gasteiger partial charge in [-0.25, -0.2) is 9.59 Å². The number of anilines is 1. The Kier molecular flexibility index (Phi) is 7.51. The van der Waals surface area contributed by atoms with E-state index < -0.39 is 11.9 Å². The first-order valence-electron chi connectivity index (χ1n) is 9.20. The lowest BCUT2D eigenvalue weighted by Gasteiger charge is -2.32. The van der Waals surface area contributed by atoms with Crippen LogP contribution in [0.4, 0.5) is 11.4 Å². The molecule has 2 heterocycles. The van der Waals surface area contributed by atoms with Crippen LogP contribution in [-0.4, -0.2) is 57.1 Å². The zero-order valence-electron chi connectivity index (χ0n) is 15.5. The third-order valence-corrected chi connectivity index (χ3v) is 5.19. The number of carboxylic acid groups (broad SMARTS) is 2. The number of fused-ring (bicyclic) bond motifs is 1. The van der Waals surface area contributed by atoms with Crippen molar-refractivity contribution in [2.24, 2.45) is 0 Å². The quantitative estimate of drug-likeness (QED) is 0.367. The van der Waals surface area contributed by atoms with Gasteiger partial charge in [0.05, 0.1) is 4.92 Å². The predicted molar refractivity (Wildman–Crippen MR) is 103 cm³/mol. The number of carboxylic acids is 2. The third-order valence-electron chi connectivity index (χ3n) is 5.19. The summed E-state index contributed by atoms with van der Waals surface area (Å²) in [5.41, 5.74) is 1.17. The molecule has 28 heavy (non-hydrogen) atoms. The second kappa shape index (κ2) is 9.84. The smallest absolute Gasteiger partial charge is 0.328 e. The number of nitro groups is 1. The van der Waals surface area contributed by atoms with Gasteiger partial charge in [0, 0.05) is 30.3 Å². The number of hydrogen-bond donors (Lipinski definition) is 3. The SMILES string of the molecule is O=C(O)/C=C\C(=O)O.O=[N+]([O-])c1ccccc1NCCC12CCCN1CCC2. The van der Waals surface area contributed by atoms with Gasteiger partial charge in [0.2, 0.25) is 0 Å². The number of nitrogens with zero attached hydrogens (tertiary/aromatic N) is 2. The highest BCUT2D eigenvalue weighted by molar-refractivity contribution is 5.89. The molecule has 0 aliphatic carbocycles. The Balaban J connectivity index is 0.000000300. The zero-order valence-corrected chi connectivity index (χ0v) is 15.5. The van der Waals surface area contributed by atoms with Gasteiger partial charge in [0.1, 0.15) is 5.69 Å². The minimum atomic E-state index is -1.26. The molecule has 152 valence electrons. The average Bonchev–Trinajstić information content (AvgIpc) is 3.21.